The highest BCUT2D eigenvalue weighted by Gasteiger charge is 2.22. The summed E-state index contributed by atoms with van der Waals surface area (Å²) in [6, 6.07) is -1.88. The van der Waals surface area contributed by atoms with Gasteiger partial charge in [-0.2, -0.15) is 0 Å². The smallest absolute Gasteiger partial charge is 0.326 e. The Labute approximate surface area is 111 Å². The molecule has 1 rings (SSSR count). The summed E-state index contributed by atoms with van der Waals surface area (Å²) in [5.41, 5.74) is 4.92. The van der Waals surface area contributed by atoms with E-state index in [1.54, 1.807) is 0 Å². The number of aliphatic carboxylic acids is 1. The number of carboxylic acids is 1. The van der Waals surface area contributed by atoms with Crippen molar-refractivity contribution in [3.8, 4) is 0 Å². The van der Waals surface area contributed by atoms with Gasteiger partial charge in [0.15, 0.2) is 0 Å². The Bertz CT molecular complexity index is 381. The van der Waals surface area contributed by atoms with Crippen molar-refractivity contribution >= 4 is 17.9 Å². The fourth-order valence-corrected chi connectivity index (χ4v) is 1.89. The molecule has 19 heavy (non-hydrogen) atoms. The Morgan fingerprint density at radius 1 is 1.37 bits per heavy atom. The van der Waals surface area contributed by atoms with Gasteiger partial charge in [-0.05, 0) is 25.2 Å². The summed E-state index contributed by atoms with van der Waals surface area (Å²) in [4.78, 5) is 33.0. The lowest BCUT2D eigenvalue weighted by atomic mass is 9.94. The quantitative estimate of drug-likeness (QED) is 0.506. The predicted molar refractivity (Wildman–Crippen MR) is 68.3 cm³/mol. The van der Waals surface area contributed by atoms with E-state index in [4.69, 9.17) is 10.8 Å². The zero-order valence-electron chi connectivity index (χ0n) is 10.6. The van der Waals surface area contributed by atoms with Crippen molar-refractivity contribution in [2.24, 2.45) is 11.7 Å². The Morgan fingerprint density at radius 2 is 2.11 bits per heavy atom. The Morgan fingerprint density at radius 3 is 2.63 bits per heavy atom. The fourth-order valence-electron chi connectivity index (χ4n) is 1.89. The molecule has 0 aromatic heterocycles. The summed E-state index contributed by atoms with van der Waals surface area (Å²) in [7, 11) is 0. The molecule has 0 bridgehead atoms. The zero-order valence-corrected chi connectivity index (χ0v) is 10.6. The summed E-state index contributed by atoms with van der Waals surface area (Å²) >= 11 is 0. The highest BCUT2D eigenvalue weighted by atomic mass is 16.4. The maximum atomic E-state index is 11.5. The van der Waals surface area contributed by atoms with Crippen LogP contribution in [0.15, 0.2) is 12.2 Å². The largest absolute Gasteiger partial charge is 0.480 e. The van der Waals surface area contributed by atoms with Gasteiger partial charge in [0.2, 0.25) is 5.91 Å². The van der Waals surface area contributed by atoms with E-state index in [2.05, 4.69) is 22.8 Å². The Hall–Kier alpha value is -2.05. The summed E-state index contributed by atoms with van der Waals surface area (Å²) in [5, 5.41) is 13.7. The summed E-state index contributed by atoms with van der Waals surface area (Å²) < 4.78 is 0. The molecule has 7 heteroatoms. The lowest BCUT2D eigenvalue weighted by molar-refractivity contribution is -0.140. The van der Waals surface area contributed by atoms with Gasteiger partial charge in [0.1, 0.15) is 6.04 Å². The molecule has 0 saturated heterocycles. The van der Waals surface area contributed by atoms with Crippen molar-refractivity contribution < 1.29 is 19.5 Å². The average Bonchev–Trinajstić information content (AvgIpc) is 2.36. The molecular formula is C12H19N3O4. The van der Waals surface area contributed by atoms with Gasteiger partial charge in [-0.15, -0.1) is 0 Å². The van der Waals surface area contributed by atoms with Crippen molar-refractivity contribution in [2.75, 3.05) is 6.54 Å². The molecule has 0 spiro atoms. The zero-order chi connectivity index (χ0) is 14.3. The van der Waals surface area contributed by atoms with E-state index in [0.717, 1.165) is 19.3 Å². The van der Waals surface area contributed by atoms with Crippen LogP contribution in [0, 0.1) is 5.92 Å². The molecule has 0 aromatic rings. The first-order valence-electron chi connectivity index (χ1n) is 6.19. The third-order valence-electron chi connectivity index (χ3n) is 2.94. The van der Waals surface area contributed by atoms with Crippen LogP contribution < -0.4 is 16.4 Å². The van der Waals surface area contributed by atoms with Crippen LogP contribution in [0.4, 0.5) is 4.79 Å². The number of carboxylic acid groups (broad SMARTS) is 1. The number of rotatable bonds is 6. The molecule has 2 atom stereocenters. The van der Waals surface area contributed by atoms with Gasteiger partial charge >= 0.3 is 12.0 Å². The number of allylic oxidation sites excluding steroid dienone is 2. The number of primary amides is 1. The minimum atomic E-state index is -1.29. The van der Waals surface area contributed by atoms with Crippen LogP contribution in [-0.2, 0) is 9.59 Å². The van der Waals surface area contributed by atoms with E-state index in [-0.39, 0.29) is 0 Å². The monoisotopic (exact) mass is 269 g/mol. The van der Waals surface area contributed by atoms with E-state index < -0.39 is 30.4 Å². The maximum Gasteiger partial charge on any atom is 0.326 e. The van der Waals surface area contributed by atoms with E-state index >= 15 is 0 Å². The molecule has 0 saturated carbocycles. The number of carbonyl (C=O) groups excluding carboxylic acids is 2. The molecule has 0 radical (unpaired) electrons. The number of urea groups is 1. The van der Waals surface area contributed by atoms with E-state index in [9.17, 15) is 14.4 Å². The molecule has 1 aliphatic rings. The number of carbonyl (C=O) groups is 3. The van der Waals surface area contributed by atoms with E-state index in [1.165, 1.54) is 0 Å². The number of nitrogens with one attached hydrogen (secondary N) is 2. The van der Waals surface area contributed by atoms with Crippen LogP contribution in [0.3, 0.4) is 0 Å². The lowest BCUT2D eigenvalue weighted by Gasteiger charge is -2.19. The second-order valence-corrected chi connectivity index (χ2v) is 4.57. The van der Waals surface area contributed by atoms with Gasteiger partial charge in [-0.1, -0.05) is 12.2 Å². The minimum Gasteiger partial charge on any atom is -0.480 e. The van der Waals surface area contributed by atoms with Crippen molar-refractivity contribution in [3.05, 3.63) is 12.2 Å². The predicted octanol–water partition coefficient (Wildman–Crippen LogP) is -0.0295. The number of hydrogen-bond acceptors (Lipinski definition) is 3. The topological polar surface area (TPSA) is 122 Å². The lowest BCUT2D eigenvalue weighted by Crippen LogP contribution is -2.48. The van der Waals surface area contributed by atoms with Crippen molar-refractivity contribution in [2.45, 2.75) is 31.7 Å². The van der Waals surface area contributed by atoms with E-state index in [0.29, 0.717) is 12.5 Å². The standard InChI is InChI=1S/C12H19N3O4/c13-10(16)6-9(11(17)18)15-12(19)14-7-8-4-2-1-3-5-8/h1-2,8-9H,3-7H2,(H2,13,16)(H,17,18)(H2,14,15,19)/t8?,9-/m0/s1. The molecule has 0 aliphatic heterocycles. The van der Waals surface area contributed by atoms with Crippen LogP contribution in [0.5, 0.6) is 0 Å². The molecule has 106 valence electrons. The van der Waals surface area contributed by atoms with E-state index in [1.807, 2.05) is 0 Å². The summed E-state index contributed by atoms with van der Waals surface area (Å²) in [6.45, 7) is 0.485. The van der Waals surface area contributed by atoms with Gasteiger partial charge < -0.3 is 21.5 Å². The van der Waals surface area contributed by atoms with Crippen molar-refractivity contribution in [3.63, 3.8) is 0 Å². The molecule has 5 N–H and O–H groups in total. The van der Waals surface area contributed by atoms with Gasteiger partial charge in [-0.3, -0.25) is 4.79 Å². The van der Waals surface area contributed by atoms with Crippen LogP contribution in [-0.4, -0.2) is 35.6 Å². The highest BCUT2D eigenvalue weighted by molar-refractivity contribution is 5.87. The first-order chi connectivity index (χ1) is 8.99. The summed E-state index contributed by atoms with van der Waals surface area (Å²) in [5.74, 6) is -1.69. The molecule has 1 unspecified atom stereocenters. The van der Waals surface area contributed by atoms with Gasteiger partial charge in [0.25, 0.3) is 0 Å². The first kappa shape index (κ1) is 15.0. The molecule has 7 nitrogen and oxygen atoms in total. The van der Waals surface area contributed by atoms with Crippen LogP contribution >= 0.6 is 0 Å². The first-order valence-corrected chi connectivity index (χ1v) is 6.19. The van der Waals surface area contributed by atoms with Crippen LogP contribution in [0.1, 0.15) is 25.7 Å². The SMILES string of the molecule is NC(=O)C[C@H](NC(=O)NCC1CC=CCC1)C(=O)O. The van der Waals surface area contributed by atoms with Crippen molar-refractivity contribution in [1.82, 2.24) is 10.6 Å². The Kier molecular flexibility index (Phi) is 5.84. The second-order valence-electron chi connectivity index (χ2n) is 4.57. The molecule has 3 amide bonds. The second kappa shape index (κ2) is 7.40. The summed E-state index contributed by atoms with van der Waals surface area (Å²) in [6.07, 6.45) is 6.65. The number of hydrogen-bond donors (Lipinski definition) is 4. The molecule has 0 aromatic carbocycles. The van der Waals surface area contributed by atoms with Crippen LogP contribution in [0.25, 0.3) is 0 Å². The average molecular weight is 269 g/mol. The molecule has 1 aliphatic carbocycles. The normalized spacial score (nSPS) is 19.5. The molecule has 0 fully saturated rings. The van der Waals surface area contributed by atoms with Gasteiger partial charge in [-0.25, -0.2) is 9.59 Å². The Balaban J connectivity index is 2.33. The third kappa shape index (κ3) is 5.89. The molecule has 0 heterocycles. The molecular weight excluding hydrogens is 250 g/mol. The fraction of sp³-hybridized carbons (Fsp3) is 0.583. The van der Waals surface area contributed by atoms with Gasteiger partial charge in [0, 0.05) is 6.54 Å². The third-order valence-corrected chi connectivity index (χ3v) is 2.94. The number of nitrogens with two attached hydrogens (primary N) is 1. The van der Waals surface area contributed by atoms with Crippen LogP contribution in [0.2, 0.25) is 0 Å². The highest BCUT2D eigenvalue weighted by Crippen LogP contribution is 2.16. The van der Waals surface area contributed by atoms with Crippen molar-refractivity contribution in [1.29, 1.82) is 0 Å². The minimum absolute atomic E-state index is 0.371. The van der Waals surface area contributed by atoms with Gasteiger partial charge in [0.05, 0.1) is 6.42 Å². The number of amides is 3. The maximum absolute atomic E-state index is 11.5.